The first-order valence-corrected chi connectivity index (χ1v) is 7.40. The summed E-state index contributed by atoms with van der Waals surface area (Å²) >= 11 is 0. The Morgan fingerprint density at radius 2 is 2.10 bits per heavy atom. The molecule has 0 bridgehead atoms. The summed E-state index contributed by atoms with van der Waals surface area (Å²) in [6, 6.07) is 6.09. The number of oxazole rings is 1. The first-order valence-electron chi connectivity index (χ1n) is 7.40. The largest absolute Gasteiger partial charge is 0.424 e. The summed E-state index contributed by atoms with van der Waals surface area (Å²) in [6.07, 6.45) is 5.04. The quantitative estimate of drug-likeness (QED) is 0.579. The Labute approximate surface area is 120 Å². The maximum Gasteiger partial charge on any atom is 0.295 e. The second-order valence-corrected chi connectivity index (χ2v) is 6.22. The van der Waals surface area contributed by atoms with Gasteiger partial charge in [0.25, 0.3) is 6.01 Å². The van der Waals surface area contributed by atoms with Gasteiger partial charge in [-0.25, -0.2) is 0 Å². The molecule has 0 spiro atoms. The lowest BCUT2D eigenvalue weighted by Gasteiger charge is -2.24. The molecule has 0 aliphatic rings. The number of hydrogen-bond acceptors (Lipinski definition) is 4. The molecule has 20 heavy (non-hydrogen) atoms. The Hall–Kier alpha value is -1.71. The van der Waals surface area contributed by atoms with Gasteiger partial charge in [-0.3, -0.25) is 0 Å². The van der Waals surface area contributed by atoms with Crippen LogP contribution in [0.2, 0.25) is 0 Å². The second kappa shape index (κ2) is 6.16. The fourth-order valence-electron chi connectivity index (χ4n) is 2.28. The first kappa shape index (κ1) is 14.7. The molecule has 4 heteroatoms. The van der Waals surface area contributed by atoms with E-state index in [0.717, 1.165) is 17.6 Å². The van der Waals surface area contributed by atoms with E-state index in [1.54, 1.807) is 0 Å². The molecule has 1 aromatic heterocycles. The van der Waals surface area contributed by atoms with Gasteiger partial charge in [0.15, 0.2) is 5.58 Å². The van der Waals surface area contributed by atoms with Crippen molar-refractivity contribution >= 4 is 22.8 Å². The Bertz CT molecular complexity index is 560. The summed E-state index contributed by atoms with van der Waals surface area (Å²) in [6.45, 7) is 7.64. The summed E-state index contributed by atoms with van der Waals surface area (Å²) in [5, 5.41) is 3.30. The Balaban J connectivity index is 1.94. The third kappa shape index (κ3) is 3.89. The number of nitrogens with two attached hydrogens (primary N) is 1. The molecule has 0 radical (unpaired) electrons. The van der Waals surface area contributed by atoms with Crippen molar-refractivity contribution < 1.29 is 4.42 Å². The number of nitrogen functional groups attached to an aromatic ring is 1. The van der Waals surface area contributed by atoms with Crippen molar-refractivity contribution in [3.8, 4) is 0 Å². The molecule has 0 unspecified atom stereocenters. The average Bonchev–Trinajstić information content (AvgIpc) is 2.79. The highest BCUT2D eigenvalue weighted by atomic mass is 16.4. The molecule has 2 rings (SSSR count). The summed E-state index contributed by atoms with van der Waals surface area (Å²) in [4.78, 5) is 4.42. The van der Waals surface area contributed by atoms with Gasteiger partial charge in [-0.05, 0) is 30.0 Å². The van der Waals surface area contributed by atoms with Crippen LogP contribution in [0, 0.1) is 5.41 Å². The van der Waals surface area contributed by atoms with Gasteiger partial charge in [-0.2, -0.15) is 4.98 Å². The van der Waals surface area contributed by atoms with Crippen LogP contribution in [0.15, 0.2) is 22.6 Å². The predicted octanol–water partition coefficient (Wildman–Crippen LogP) is 4.43. The second-order valence-electron chi connectivity index (χ2n) is 6.22. The number of benzene rings is 1. The minimum Gasteiger partial charge on any atom is -0.424 e. The number of hydrogen-bond donors (Lipinski definition) is 2. The maximum absolute atomic E-state index is 5.74. The van der Waals surface area contributed by atoms with Crippen LogP contribution in [-0.4, -0.2) is 11.5 Å². The van der Waals surface area contributed by atoms with Crippen LogP contribution in [0.1, 0.15) is 46.5 Å². The van der Waals surface area contributed by atoms with Crippen molar-refractivity contribution in [2.24, 2.45) is 5.41 Å². The highest BCUT2D eigenvalue weighted by Crippen LogP contribution is 2.26. The van der Waals surface area contributed by atoms with Gasteiger partial charge in [-0.15, -0.1) is 0 Å². The Kier molecular flexibility index (Phi) is 4.53. The van der Waals surface area contributed by atoms with Gasteiger partial charge in [0.1, 0.15) is 5.52 Å². The minimum absolute atomic E-state index is 0.245. The maximum atomic E-state index is 5.74. The molecule has 1 heterocycles. The van der Waals surface area contributed by atoms with Crippen molar-refractivity contribution in [1.82, 2.24) is 4.98 Å². The molecule has 1 aromatic carbocycles. The van der Waals surface area contributed by atoms with Crippen LogP contribution >= 0.6 is 0 Å². The van der Waals surface area contributed by atoms with E-state index in [0.29, 0.717) is 11.7 Å². The zero-order valence-electron chi connectivity index (χ0n) is 12.7. The molecule has 0 saturated heterocycles. The van der Waals surface area contributed by atoms with Crippen LogP contribution in [0.5, 0.6) is 0 Å². The standard InChI is InChI=1S/C16H25N3O/c1-4-5-6-9-16(2,3)11-18-15-19-13-10-12(17)7-8-14(13)20-15/h7-8,10H,4-6,9,11,17H2,1-3H3,(H,18,19). The molecule has 0 aliphatic heterocycles. The molecule has 0 aliphatic carbocycles. The van der Waals surface area contributed by atoms with E-state index in [1.165, 1.54) is 25.7 Å². The fourth-order valence-corrected chi connectivity index (χ4v) is 2.28. The average molecular weight is 275 g/mol. The van der Waals surface area contributed by atoms with Crippen molar-refractivity contribution in [2.75, 3.05) is 17.6 Å². The molecular weight excluding hydrogens is 250 g/mol. The summed E-state index contributed by atoms with van der Waals surface area (Å²) < 4.78 is 5.67. The van der Waals surface area contributed by atoms with E-state index in [-0.39, 0.29) is 5.41 Å². The van der Waals surface area contributed by atoms with Crippen LogP contribution in [0.3, 0.4) is 0 Å². The zero-order valence-corrected chi connectivity index (χ0v) is 12.7. The molecule has 0 saturated carbocycles. The molecule has 4 nitrogen and oxygen atoms in total. The highest BCUT2D eigenvalue weighted by Gasteiger charge is 2.18. The number of aromatic nitrogens is 1. The number of nitrogens with one attached hydrogen (secondary N) is 1. The summed E-state index contributed by atoms with van der Waals surface area (Å²) in [7, 11) is 0. The van der Waals surface area contributed by atoms with E-state index in [2.05, 4.69) is 31.1 Å². The summed E-state index contributed by atoms with van der Waals surface area (Å²) in [5.41, 5.74) is 8.26. The smallest absolute Gasteiger partial charge is 0.295 e. The number of unbranched alkanes of at least 4 members (excludes halogenated alkanes) is 2. The van der Waals surface area contributed by atoms with E-state index in [1.807, 2.05) is 18.2 Å². The van der Waals surface area contributed by atoms with E-state index in [9.17, 15) is 0 Å². The van der Waals surface area contributed by atoms with E-state index in [4.69, 9.17) is 10.2 Å². The molecule has 0 fully saturated rings. The topological polar surface area (TPSA) is 64.1 Å². The van der Waals surface area contributed by atoms with Crippen LogP contribution < -0.4 is 11.1 Å². The fraction of sp³-hybridized carbons (Fsp3) is 0.562. The molecular formula is C16H25N3O. The molecule has 0 amide bonds. The normalized spacial score (nSPS) is 11.9. The summed E-state index contributed by atoms with van der Waals surface area (Å²) in [5.74, 6) is 0. The first-order chi connectivity index (χ1) is 9.50. The van der Waals surface area contributed by atoms with Gasteiger partial charge in [0, 0.05) is 12.2 Å². The van der Waals surface area contributed by atoms with Crippen LogP contribution in [0.25, 0.3) is 11.1 Å². The monoisotopic (exact) mass is 275 g/mol. The number of rotatable bonds is 7. The van der Waals surface area contributed by atoms with Gasteiger partial charge < -0.3 is 15.5 Å². The predicted molar refractivity (Wildman–Crippen MR) is 84.8 cm³/mol. The van der Waals surface area contributed by atoms with Crippen LogP contribution in [0.4, 0.5) is 11.7 Å². The van der Waals surface area contributed by atoms with Gasteiger partial charge in [-0.1, -0.05) is 40.0 Å². The van der Waals surface area contributed by atoms with Gasteiger partial charge >= 0.3 is 0 Å². The minimum atomic E-state index is 0.245. The van der Waals surface area contributed by atoms with Crippen molar-refractivity contribution in [1.29, 1.82) is 0 Å². The molecule has 110 valence electrons. The van der Waals surface area contributed by atoms with Crippen molar-refractivity contribution in [3.05, 3.63) is 18.2 Å². The Morgan fingerprint density at radius 3 is 2.85 bits per heavy atom. The molecule has 2 aromatic rings. The Morgan fingerprint density at radius 1 is 1.30 bits per heavy atom. The third-order valence-electron chi connectivity index (χ3n) is 3.59. The third-order valence-corrected chi connectivity index (χ3v) is 3.59. The van der Waals surface area contributed by atoms with Gasteiger partial charge in [0.05, 0.1) is 0 Å². The van der Waals surface area contributed by atoms with Crippen molar-refractivity contribution in [3.63, 3.8) is 0 Å². The zero-order chi connectivity index (χ0) is 14.6. The van der Waals surface area contributed by atoms with Crippen molar-refractivity contribution in [2.45, 2.75) is 46.5 Å². The number of nitrogens with zero attached hydrogens (tertiary/aromatic N) is 1. The van der Waals surface area contributed by atoms with E-state index >= 15 is 0 Å². The van der Waals surface area contributed by atoms with Gasteiger partial charge in [0.2, 0.25) is 0 Å². The lowest BCUT2D eigenvalue weighted by atomic mass is 9.87. The molecule has 3 N–H and O–H groups in total. The van der Waals surface area contributed by atoms with E-state index < -0.39 is 0 Å². The lowest BCUT2D eigenvalue weighted by Crippen LogP contribution is -2.23. The lowest BCUT2D eigenvalue weighted by molar-refractivity contribution is 0.339. The number of anilines is 2. The SMILES string of the molecule is CCCCCC(C)(C)CNc1nc2cc(N)ccc2o1. The highest BCUT2D eigenvalue weighted by molar-refractivity contribution is 5.78. The van der Waals surface area contributed by atoms with Crippen LogP contribution in [-0.2, 0) is 0 Å². The molecule has 0 atom stereocenters. The number of fused-ring (bicyclic) bond motifs is 1.